The van der Waals surface area contributed by atoms with E-state index in [-0.39, 0.29) is 21.7 Å². The number of sulfone groups is 1. The summed E-state index contributed by atoms with van der Waals surface area (Å²) in [6, 6.07) is 15.0. The summed E-state index contributed by atoms with van der Waals surface area (Å²) in [6.45, 7) is 5.07. The Morgan fingerprint density at radius 3 is 2.50 bits per heavy atom. The standard InChI is InChI=1S/C25H26N4O5S2/c1-4-16(2)19-7-5-6-8-21(19)34-14-13-33-18-11-9-17(10-12-18)15-20-22(26)29-24(27-23(20)30)35-28-25(29)36(3,31)32/h5-12,15-16,26H,4,13-14H2,1-3H3/b20-15-,26-22?/t16-/m0/s1. The number of ether oxygens (including phenoxy) is 2. The number of amides is 1. The van der Waals surface area contributed by atoms with E-state index in [1.54, 1.807) is 24.3 Å². The van der Waals surface area contributed by atoms with Crippen LogP contribution in [0.4, 0.5) is 0 Å². The first-order valence-electron chi connectivity index (χ1n) is 11.3. The van der Waals surface area contributed by atoms with Crippen molar-refractivity contribution in [1.82, 2.24) is 4.90 Å². The summed E-state index contributed by atoms with van der Waals surface area (Å²) >= 11 is 0.759. The molecule has 2 aromatic rings. The average Bonchev–Trinajstić information content (AvgIpc) is 3.29. The fraction of sp³-hybridized carbons (Fsp3) is 0.280. The Kier molecular flexibility index (Phi) is 7.60. The number of carbonyl (C=O) groups excluding carboxylic acids is 1. The minimum Gasteiger partial charge on any atom is -0.490 e. The van der Waals surface area contributed by atoms with Crippen LogP contribution in [0.1, 0.15) is 37.3 Å². The maximum Gasteiger partial charge on any atom is 0.283 e. The topological polar surface area (TPSA) is 121 Å². The van der Waals surface area contributed by atoms with Crippen LogP contribution in [0.3, 0.4) is 0 Å². The van der Waals surface area contributed by atoms with E-state index in [1.807, 2.05) is 18.2 Å². The highest BCUT2D eigenvalue weighted by Crippen LogP contribution is 2.30. The number of amidine groups is 3. The zero-order valence-corrected chi connectivity index (χ0v) is 21.7. The molecule has 0 aromatic heterocycles. The fourth-order valence-corrected chi connectivity index (χ4v) is 5.46. The Hall–Kier alpha value is -3.44. The summed E-state index contributed by atoms with van der Waals surface area (Å²) in [7, 11) is -3.69. The quantitative estimate of drug-likeness (QED) is 0.310. The third kappa shape index (κ3) is 5.52. The van der Waals surface area contributed by atoms with Gasteiger partial charge in [0.05, 0.1) is 17.5 Å². The summed E-state index contributed by atoms with van der Waals surface area (Å²) in [6.07, 6.45) is 3.52. The molecule has 0 saturated carbocycles. The molecule has 1 amide bonds. The van der Waals surface area contributed by atoms with Crippen LogP contribution in [-0.4, -0.2) is 54.9 Å². The highest BCUT2D eigenvalue weighted by Gasteiger charge is 2.41. The Balaban J connectivity index is 1.38. The van der Waals surface area contributed by atoms with Gasteiger partial charge in [-0.25, -0.2) is 13.3 Å². The second-order valence-corrected chi connectivity index (χ2v) is 10.9. The third-order valence-electron chi connectivity index (χ3n) is 5.69. The van der Waals surface area contributed by atoms with E-state index in [1.165, 1.54) is 11.6 Å². The van der Waals surface area contributed by atoms with Gasteiger partial charge in [-0.15, -0.1) is 0 Å². The van der Waals surface area contributed by atoms with Crippen LogP contribution < -0.4 is 9.47 Å². The van der Waals surface area contributed by atoms with Crippen molar-refractivity contribution in [2.24, 2.45) is 9.39 Å². The van der Waals surface area contributed by atoms with E-state index in [9.17, 15) is 13.2 Å². The first-order chi connectivity index (χ1) is 17.2. The molecule has 36 heavy (non-hydrogen) atoms. The number of rotatable bonds is 8. The lowest BCUT2D eigenvalue weighted by Crippen LogP contribution is -2.45. The van der Waals surface area contributed by atoms with Crippen LogP contribution in [0.15, 0.2) is 63.5 Å². The molecule has 11 heteroatoms. The number of nitrogens with one attached hydrogen (secondary N) is 1. The molecule has 2 aliphatic heterocycles. The SMILES string of the molecule is CC[C@H](C)c1ccccc1OCCOc1ccc(/C=C2/C(=N)N3C(=NC2=O)SN=C3S(C)(=O)=O)cc1. The van der Waals surface area contributed by atoms with E-state index < -0.39 is 15.7 Å². The second-order valence-electron chi connectivity index (χ2n) is 8.29. The van der Waals surface area contributed by atoms with Gasteiger partial charge in [0.15, 0.2) is 0 Å². The summed E-state index contributed by atoms with van der Waals surface area (Å²) < 4.78 is 39.6. The number of carbonyl (C=O) groups is 1. The van der Waals surface area contributed by atoms with Gasteiger partial charge in [-0.2, -0.15) is 9.39 Å². The van der Waals surface area contributed by atoms with Gasteiger partial charge in [0.1, 0.15) is 30.5 Å². The Labute approximate surface area is 214 Å². The summed E-state index contributed by atoms with van der Waals surface area (Å²) in [5, 5.41) is 8.14. The average molecular weight is 527 g/mol. The zero-order valence-electron chi connectivity index (χ0n) is 20.1. The molecule has 1 N–H and O–H groups in total. The lowest BCUT2D eigenvalue weighted by molar-refractivity contribution is -0.114. The molecule has 0 bridgehead atoms. The van der Waals surface area contributed by atoms with Gasteiger partial charge in [-0.3, -0.25) is 10.2 Å². The monoisotopic (exact) mass is 526 g/mol. The molecular formula is C25H26N4O5S2. The lowest BCUT2D eigenvalue weighted by Gasteiger charge is -2.23. The fourth-order valence-electron chi connectivity index (χ4n) is 3.61. The maximum atomic E-state index is 12.5. The molecule has 0 radical (unpaired) electrons. The normalized spacial score (nSPS) is 17.5. The minimum atomic E-state index is -3.69. The number of benzene rings is 2. The van der Waals surface area contributed by atoms with E-state index in [2.05, 4.69) is 29.3 Å². The van der Waals surface area contributed by atoms with Crippen molar-refractivity contribution in [3.63, 3.8) is 0 Å². The smallest absolute Gasteiger partial charge is 0.283 e. The van der Waals surface area contributed by atoms with Crippen LogP contribution in [0, 0.1) is 5.41 Å². The van der Waals surface area contributed by atoms with E-state index in [0.717, 1.165) is 35.3 Å². The van der Waals surface area contributed by atoms with Crippen LogP contribution in [-0.2, 0) is 14.6 Å². The largest absolute Gasteiger partial charge is 0.490 e. The van der Waals surface area contributed by atoms with Crippen LogP contribution in [0.25, 0.3) is 6.08 Å². The number of hydrogen-bond acceptors (Lipinski definition) is 8. The van der Waals surface area contributed by atoms with E-state index >= 15 is 0 Å². The van der Waals surface area contributed by atoms with Gasteiger partial charge in [0, 0.05) is 6.26 Å². The van der Waals surface area contributed by atoms with E-state index in [0.29, 0.717) is 30.4 Å². The molecule has 0 spiro atoms. The number of nitrogens with zero attached hydrogens (tertiary/aromatic N) is 3. The van der Waals surface area contributed by atoms with Crippen molar-refractivity contribution < 1.29 is 22.7 Å². The molecule has 4 rings (SSSR count). The summed E-state index contributed by atoms with van der Waals surface area (Å²) in [4.78, 5) is 17.4. The molecule has 2 aromatic carbocycles. The molecule has 0 fully saturated rings. The Bertz CT molecular complexity index is 1380. The molecule has 2 aliphatic rings. The van der Waals surface area contributed by atoms with Crippen LogP contribution in [0.2, 0.25) is 0 Å². The summed E-state index contributed by atoms with van der Waals surface area (Å²) in [5.74, 6) is 0.994. The van der Waals surface area contributed by atoms with Crippen LogP contribution in [0.5, 0.6) is 11.5 Å². The van der Waals surface area contributed by atoms with Gasteiger partial charge in [-0.05, 0) is 47.7 Å². The molecule has 0 aliphatic carbocycles. The molecule has 0 saturated heterocycles. The van der Waals surface area contributed by atoms with Gasteiger partial charge in [0.2, 0.25) is 20.2 Å². The van der Waals surface area contributed by atoms with Crippen molar-refractivity contribution in [1.29, 1.82) is 5.41 Å². The first kappa shape index (κ1) is 25.6. The van der Waals surface area contributed by atoms with E-state index in [4.69, 9.17) is 14.9 Å². The van der Waals surface area contributed by atoms with Crippen molar-refractivity contribution in [2.45, 2.75) is 26.2 Å². The minimum absolute atomic E-state index is 0.0281. The second kappa shape index (κ2) is 10.7. The zero-order chi connectivity index (χ0) is 25.9. The van der Waals surface area contributed by atoms with Crippen molar-refractivity contribution in [2.75, 3.05) is 19.5 Å². The molecule has 9 nitrogen and oxygen atoms in total. The lowest BCUT2D eigenvalue weighted by atomic mass is 9.98. The number of fused-ring (bicyclic) bond motifs is 1. The Morgan fingerprint density at radius 1 is 1.11 bits per heavy atom. The maximum absolute atomic E-state index is 12.5. The predicted molar refractivity (Wildman–Crippen MR) is 142 cm³/mol. The molecule has 188 valence electrons. The van der Waals surface area contributed by atoms with Crippen molar-refractivity contribution >= 4 is 49.9 Å². The highest BCUT2D eigenvalue weighted by atomic mass is 32.2. The number of hydrogen-bond donors (Lipinski definition) is 1. The van der Waals surface area contributed by atoms with Crippen molar-refractivity contribution in [3.8, 4) is 11.5 Å². The number of para-hydroxylation sites is 1. The molecule has 0 unspecified atom stereocenters. The predicted octanol–water partition coefficient (Wildman–Crippen LogP) is 4.28. The van der Waals surface area contributed by atoms with Crippen molar-refractivity contribution in [3.05, 3.63) is 65.2 Å². The van der Waals surface area contributed by atoms with Crippen LogP contribution >= 0.6 is 11.9 Å². The van der Waals surface area contributed by atoms with Gasteiger partial charge in [0.25, 0.3) is 5.91 Å². The molecular weight excluding hydrogens is 500 g/mol. The Morgan fingerprint density at radius 2 is 1.81 bits per heavy atom. The van der Waals surface area contributed by atoms with Gasteiger partial charge < -0.3 is 9.47 Å². The number of aliphatic imine (C=N–C) groups is 1. The highest BCUT2D eigenvalue weighted by molar-refractivity contribution is 8.16. The van der Waals surface area contributed by atoms with Gasteiger partial charge in [-0.1, -0.05) is 44.2 Å². The summed E-state index contributed by atoms with van der Waals surface area (Å²) in [5.41, 5.74) is 1.79. The molecule has 2 heterocycles. The molecule has 1 atom stereocenters. The van der Waals surface area contributed by atoms with Gasteiger partial charge >= 0.3 is 0 Å². The third-order valence-corrected chi connectivity index (χ3v) is 7.44. The first-order valence-corrected chi connectivity index (χ1v) is 14.0.